The summed E-state index contributed by atoms with van der Waals surface area (Å²) in [7, 11) is 2.18. The van der Waals surface area contributed by atoms with Gasteiger partial charge in [-0.1, -0.05) is 13.3 Å². The van der Waals surface area contributed by atoms with Crippen LogP contribution in [-0.2, 0) is 9.53 Å². The highest BCUT2D eigenvalue weighted by Gasteiger charge is 2.39. The number of unbranched alkanes of at least 4 members (excludes halogenated alkanes) is 1. The summed E-state index contributed by atoms with van der Waals surface area (Å²) in [4.78, 5) is 16.9. The lowest BCUT2D eigenvalue weighted by Crippen LogP contribution is -2.62. The third kappa shape index (κ3) is 4.66. The minimum atomic E-state index is 0.137. The molecule has 0 unspecified atom stereocenters. The number of nitrogens with zero attached hydrogens (tertiary/aromatic N) is 2. The zero-order chi connectivity index (χ0) is 15.1. The van der Waals surface area contributed by atoms with Crippen LogP contribution in [0.15, 0.2) is 0 Å². The molecular weight excluding hydrogens is 266 g/mol. The molecule has 0 spiro atoms. The van der Waals surface area contributed by atoms with Crippen LogP contribution >= 0.6 is 0 Å². The van der Waals surface area contributed by atoms with Gasteiger partial charge < -0.3 is 15.0 Å². The summed E-state index contributed by atoms with van der Waals surface area (Å²) in [5.74, 6) is 0.211. The number of carbonyl (C=O) groups excluding carboxylic acids is 1. The quantitative estimate of drug-likeness (QED) is 0.797. The number of piperidine rings is 1. The SMILES string of the molecule is CCCCC(=O)NCC1(N2CCOCC2)CCN(C)CC1. The molecule has 0 aliphatic carbocycles. The van der Waals surface area contributed by atoms with Gasteiger partial charge >= 0.3 is 0 Å². The number of carbonyl (C=O) groups is 1. The molecule has 2 saturated heterocycles. The van der Waals surface area contributed by atoms with Gasteiger partial charge in [0, 0.05) is 31.6 Å². The van der Waals surface area contributed by atoms with E-state index in [1.54, 1.807) is 0 Å². The predicted octanol–water partition coefficient (Wildman–Crippen LogP) is 1.09. The van der Waals surface area contributed by atoms with E-state index < -0.39 is 0 Å². The topological polar surface area (TPSA) is 44.8 Å². The second-order valence-electron chi connectivity index (χ2n) is 6.51. The normalized spacial score (nSPS) is 23.9. The van der Waals surface area contributed by atoms with E-state index in [4.69, 9.17) is 4.74 Å². The third-order valence-electron chi connectivity index (χ3n) is 4.97. The number of morpholine rings is 1. The molecule has 0 bridgehead atoms. The lowest BCUT2D eigenvalue weighted by atomic mass is 9.85. The van der Waals surface area contributed by atoms with Gasteiger partial charge in [-0.2, -0.15) is 0 Å². The van der Waals surface area contributed by atoms with Crippen molar-refractivity contribution in [2.24, 2.45) is 0 Å². The first-order valence-corrected chi connectivity index (χ1v) is 8.44. The summed E-state index contributed by atoms with van der Waals surface area (Å²) in [5.41, 5.74) is 0.137. The Bertz CT molecular complexity index is 321. The number of ether oxygens (including phenoxy) is 1. The van der Waals surface area contributed by atoms with Crippen molar-refractivity contribution >= 4 is 5.91 Å². The molecule has 0 radical (unpaired) electrons. The summed E-state index contributed by atoms with van der Waals surface area (Å²) >= 11 is 0. The van der Waals surface area contributed by atoms with Gasteiger partial charge in [0.1, 0.15) is 0 Å². The van der Waals surface area contributed by atoms with Crippen molar-refractivity contribution in [1.29, 1.82) is 0 Å². The highest BCUT2D eigenvalue weighted by atomic mass is 16.5. The van der Waals surface area contributed by atoms with Crippen LogP contribution in [0.1, 0.15) is 39.0 Å². The van der Waals surface area contributed by atoms with Crippen molar-refractivity contribution in [2.45, 2.75) is 44.6 Å². The molecule has 122 valence electrons. The molecule has 2 fully saturated rings. The second-order valence-corrected chi connectivity index (χ2v) is 6.51. The van der Waals surface area contributed by atoms with E-state index in [-0.39, 0.29) is 11.4 Å². The number of rotatable bonds is 6. The zero-order valence-corrected chi connectivity index (χ0v) is 13.7. The highest BCUT2D eigenvalue weighted by Crippen LogP contribution is 2.29. The molecule has 5 nitrogen and oxygen atoms in total. The monoisotopic (exact) mass is 297 g/mol. The smallest absolute Gasteiger partial charge is 0.220 e. The van der Waals surface area contributed by atoms with E-state index in [2.05, 4.69) is 29.1 Å². The molecule has 2 aliphatic heterocycles. The van der Waals surface area contributed by atoms with Gasteiger partial charge in [0.15, 0.2) is 0 Å². The first-order valence-electron chi connectivity index (χ1n) is 8.44. The fourth-order valence-corrected chi connectivity index (χ4v) is 3.37. The fourth-order valence-electron chi connectivity index (χ4n) is 3.37. The van der Waals surface area contributed by atoms with Crippen molar-refractivity contribution in [3.05, 3.63) is 0 Å². The van der Waals surface area contributed by atoms with Crippen molar-refractivity contribution in [1.82, 2.24) is 15.1 Å². The second kappa shape index (κ2) is 8.11. The minimum Gasteiger partial charge on any atom is -0.379 e. The maximum Gasteiger partial charge on any atom is 0.220 e. The molecule has 0 aromatic carbocycles. The van der Waals surface area contributed by atoms with Gasteiger partial charge in [-0.3, -0.25) is 9.69 Å². The Labute approximate surface area is 129 Å². The predicted molar refractivity (Wildman–Crippen MR) is 84.4 cm³/mol. The molecule has 0 aromatic rings. The van der Waals surface area contributed by atoms with E-state index in [9.17, 15) is 4.79 Å². The van der Waals surface area contributed by atoms with Crippen LogP contribution in [0.4, 0.5) is 0 Å². The van der Waals surface area contributed by atoms with Crippen molar-refractivity contribution in [3.63, 3.8) is 0 Å². The molecule has 5 heteroatoms. The molecule has 0 atom stereocenters. The first-order chi connectivity index (χ1) is 10.2. The van der Waals surface area contributed by atoms with E-state index in [0.29, 0.717) is 6.42 Å². The summed E-state index contributed by atoms with van der Waals surface area (Å²) in [5, 5.41) is 3.20. The summed E-state index contributed by atoms with van der Waals surface area (Å²) in [6.45, 7) is 8.78. The van der Waals surface area contributed by atoms with E-state index in [1.165, 1.54) is 0 Å². The molecule has 0 aromatic heterocycles. The lowest BCUT2D eigenvalue weighted by molar-refractivity contribution is -0.122. The van der Waals surface area contributed by atoms with Gasteiger partial charge in [0.05, 0.1) is 13.2 Å². The molecular formula is C16H31N3O2. The van der Waals surface area contributed by atoms with Gasteiger partial charge in [-0.05, 0) is 39.4 Å². The van der Waals surface area contributed by atoms with Crippen LogP contribution in [0, 0.1) is 0 Å². The molecule has 2 rings (SSSR count). The average Bonchev–Trinajstić information content (AvgIpc) is 2.53. The Balaban J connectivity index is 1.93. The highest BCUT2D eigenvalue weighted by molar-refractivity contribution is 5.75. The summed E-state index contributed by atoms with van der Waals surface area (Å²) in [6, 6.07) is 0. The lowest BCUT2D eigenvalue weighted by Gasteiger charge is -2.49. The summed E-state index contributed by atoms with van der Waals surface area (Å²) in [6.07, 6.45) is 5.00. The molecule has 1 amide bonds. The van der Waals surface area contributed by atoms with Crippen LogP contribution in [-0.4, -0.2) is 74.2 Å². The Morgan fingerprint density at radius 3 is 2.48 bits per heavy atom. The van der Waals surface area contributed by atoms with Crippen LogP contribution in [0.3, 0.4) is 0 Å². The Morgan fingerprint density at radius 1 is 1.19 bits per heavy atom. The Morgan fingerprint density at radius 2 is 1.86 bits per heavy atom. The largest absolute Gasteiger partial charge is 0.379 e. The molecule has 1 N–H and O–H groups in total. The molecule has 2 heterocycles. The van der Waals surface area contributed by atoms with E-state index in [0.717, 1.165) is 71.6 Å². The van der Waals surface area contributed by atoms with Crippen molar-refractivity contribution in [2.75, 3.05) is 53.0 Å². The van der Waals surface area contributed by atoms with Crippen LogP contribution in [0.2, 0.25) is 0 Å². The summed E-state index contributed by atoms with van der Waals surface area (Å²) < 4.78 is 5.50. The van der Waals surface area contributed by atoms with Crippen LogP contribution in [0.5, 0.6) is 0 Å². The van der Waals surface area contributed by atoms with Gasteiger partial charge in [-0.15, -0.1) is 0 Å². The minimum absolute atomic E-state index is 0.137. The Kier molecular flexibility index (Phi) is 6.45. The molecule has 0 saturated carbocycles. The first kappa shape index (κ1) is 16.7. The maximum atomic E-state index is 12.0. The van der Waals surface area contributed by atoms with Crippen molar-refractivity contribution < 1.29 is 9.53 Å². The van der Waals surface area contributed by atoms with Gasteiger partial charge in [-0.25, -0.2) is 0 Å². The van der Waals surface area contributed by atoms with Gasteiger partial charge in [0.25, 0.3) is 0 Å². The van der Waals surface area contributed by atoms with Crippen LogP contribution < -0.4 is 5.32 Å². The number of nitrogens with one attached hydrogen (secondary N) is 1. The fraction of sp³-hybridized carbons (Fsp3) is 0.938. The third-order valence-corrected chi connectivity index (χ3v) is 4.97. The van der Waals surface area contributed by atoms with Crippen molar-refractivity contribution in [3.8, 4) is 0 Å². The maximum absolute atomic E-state index is 12.0. The van der Waals surface area contributed by atoms with E-state index in [1.807, 2.05) is 0 Å². The molecule has 2 aliphatic rings. The number of hydrogen-bond acceptors (Lipinski definition) is 4. The van der Waals surface area contributed by atoms with E-state index >= 15 is 0 Å². The number of likely N-dealkylation sites (tertiary alicyclic amines) is 1. The van der Waals surface area contributed by atoms with Crippen LogP contribution in [0.25, 0.3) is 0 Å². The average molecular weight is 297 g/mol. The Hall–Kier alpha value is -0.650. The molecule has 21 heavy (non-hydrogen) atoms. The van der Waals surface area contributed by atoms with Gasteiger partial charge in [0.2, 0.25) is 5.91 Å². The standard InChI is InChI=1S/C16H31N3O2/c1-3-4-5-15(20)17-14-16(6-8-18(2)9-7-16)19-10-12-21-13-11-19/h3-14H2,1-2H3,(H,17,20). The number of hydrogen-bond donors (Lipinski definition) is 1. The number of amides is 1. The zero-order valence-electron chi connectivity index (χ0n) is 13.7.